The molecule has 2 aliphatic rings. The second-order valence-corrected chi connectivity index (χ2v) is 8.32. The van der Waals surface area contributed by atoms with E-state index in [1.54, 1.807) is 11.3 Å². The van der Waals surface area contributed by atoms with Gasteiger partial charge in [-0.3, -0.25) is 0 Å². The van der Waals surface area contributed by atoms with Crippen molar-refractivity contribution in [2.24, 2.45) is 5.92 Å². The zero-order valence-corrected chi connectivity index (χ0v) is 15.4. The van der Waals surface area contributed by atoms with Gasteiger partial charge in [-0.05, 0) is 75.5 Å². The minimum Gasteiger partial charge on any atom is -0.358 e. The SMILES string of the molecule is CCC1CCC([NH2+]C[C@H]2CCCc3c2[nH]c2ccc(C)cc32)CC1. The van der Waals surface area contributed by atoms with E-state index in [4.69, 9.17) is 0 Å². The maximum Gasteiger partial charge on any atom is 0.0859 e. The van der Waals surface area contributed by atoms with Crippen molar-refractivity contribution in [3.63, 3.8) is 0 Å². The molecule has 1 saturated carbocycles. The molecule has 0 bridgehead atoms. The van der Waals surface area contributed by atoms with E-state index in [9.17, 15) is 0 Å². The van der Waals surface area contributed by atoms with Crippen molar-refractivity contribution in [1.29, 1.82) is 0 Å². The van der Waals surface area contributed by atoms with Gasteiger partial charge in [-0.1, -0.05) is 25.0 Å². The van der Waals surface area contributed by atoms with Crippen LogP contribution in [0.2, 0.25) is 0 Å². The lowest BCUT2D eigenvalue weighted by Gasteiger charge is -2.28. The van der Waals surface area contributed by atoms with Crippen molar-refractivity contribution < 1.29 is 5.32 Å². The fraction of sp³-hybridized carbons (Fsp3) is 0.636. The summed E-state index contributed by atoms with van der Waals surface area (Å²) in [5.74, 6) is 1.73. The van der Waals surface area contributed by atoms with Gasteiger partial charge in [0, 0.05) is 22.5 Å². The molecule has 2 aliphatic carbocycles. The Kier molecular flexibility index (Phi) is 4.67. The summed E-state index contributed by atoms with van der Waals surface area (Å²) >= 11 is 0. The Labute approximate surface area is 146 Å². The van der Waals surface area contributed by atoms with Gasteiger partial charge in [-0.2, -0.15) is 0 Å². The van der Waals surface area contributed by atoms with Crippen molar-refractivity contribution in [1.82, 2.24) is 4.98 Å². The molecule has 1 aromatic heterocycles. The molecule has 1 aromatic carbocycles. The maximum absolute atomic E-state index is 3.78. The molecule has 0 aliphatic heterocycles. The number of aromatic nitrogens is 1. The minimum atomic E-state index is 0.727. The predicted octanol–water partition coefficient (Wildman–Crippen LogP) is 4.43. The fourth-order valence-corrected chi connectivity index (χ4v) is 5.09. The number of hydrogen-bond donors (Lipinski definition) is 2. The van der Waals surface area contributed by atoms with Crippen LogP contribution in [0.1, 0.15) is 74.6 Å². The van der Waals surface area contributed by atoms with E-state index in [0.29, 0.717) is 0 Å². The third kappa shape index (κ3) is 3.13. The van der Waals surface area contributed by atoms with Crippen LogP contribution < -0.4 is 5.32 Å². The molecule has 0 spiro atoms. The van der Waals surface area contributed by atoms with E-state index in [0.717, 1.165) is 17.9 Å². The minimum absolute atomic E-state index is 0.727. The van der Waals surface area contributed by atoms with Gasteiger partial charge in [0.25, 0.3) is 0 Å². The van der Waals surface area contributed by atoms with Crippen LogP contribution in [0.4, 0.5) is 0 Å². The molecule has 2 nitrogen and oxygen atoms in total. The lowest BCUT2D eigenvalue weighted by molar-refractivity contribution is -0.694. The van der Waals surface area contributed by atoms with E-state index >= 15 is 0 Å². The van der Waals surface area contributed by atoms with Crippen LogP contribution in [-0.2, 0) is 6.42 Å². The first-order chi connectivity index (χ1) is 11.7. The summed E-state index contributed by atoms with van der Waals surface area (Å²) in [6.45, 7) is 5.84. The van der Waals surface area contributed by atoms with E-state index < -0.39 is 0 Å². The second kappa shape index (κ2) is 6.92. The molecule has 4 rings (SSSR count). The second-order valence-electron chi connectivity index (χ2n) is 8.32. The van der Waals surface area contributed by atoms with Crippen molar-refractivity contribution in [2.45, 2.75) is 77.2 Å². The van der Waals surface area contributed by atoms with Gasteiger partial charge in [0.15, 0.2) is 0 Å². The monoisotopic (exact) mass is 325 g/mol. The summed E-state index contributed by atoms with van der Waals surface area (Å²) in [5, 5.41) is 4.17. The van der Waals surface area contributed by atoms with Crippen molar-refractivity contribution in [3.05, 3.63) is 35.0 Å². The highest BCUT2D eigenvalue weighted by molar-refractivity contribution is 5.85. The Morgan fingerprint density at radius 1 is 1.12 bits per heavy atom. The third-order valence-corrected chi connectivity index (χ3v) is 6.70. The summed E-state index contributed by atoms with van der Waals surface area (Å²) in [7, 11) is 0. The first kappa shape index (κ1) is 16.2. The lowest BCUT2D eigenvalue weighted by Crippen LogP contribution is -2.91. The molecule has 0 saturated heterocycles. The molecule has 0 unspecified atom stereocenters. The first-order valence-electron chi connectivity index (χ1n) is 10.2. The van der Waals surface area contributed by atoms with E-state index in [-0.39, 0.29) is 0 Å². The van der Waals surface area contributed by atoms with Crippen LogP contribution in [-0.4, -0.2) is 17.6 Å². The van der Waals surface area contributed by atoms with Crippen LogP contribution in [0.3, 0.4) is 0 Å². The number of nitrogens with one attached hydrogen (secondary N) is 1. The van der Waals surface area contributed by atoms with E-state index in [2.05, 4.69) is 42.3 Å². The van der Waals surface area contributed by atoms with Gasteiger partial charge in [-0.25, -0.2) is 0 Å². The van der Waals surface area contributed by atoms with Gasteiger partial charge in [0.2, 0.25) is 0 Å². The number of aryl methyl sites for hydroxylation is 2. The summed E-state index contributed by atoms with van der Waals surface area (Å²) < 4.78 is 0. The van der Waals surface area contributed by atoms with Crippen LogP contribution in [0, 0.1) is 12.8 Å². The lowest BCUT2D eigenvalue weighted by atomic mass is 9.83. The van der Waals surface area contributed by atoms with Gasteiger partial charge < -0.3 is 10.3 Å². The highest BCUT2D eigenvalue weighted by atomic mass is 14.9. The molecule has 0 radical (unpaired) electrons. The Morgan fingerprint density at radius 2 is 1.96 bits per heavy atom. The number of quaternary nitrogens is 1. The summed E-state index contributed by atoms with van der Waals surface area (Å²) in [6.07, 6.45) is 11.1. The van der Waals surface area contributed by atoms with Crippen LogP contribution in [0.25, 0.3) is 10.9 Å². The maximum atomic E-state index is 3.78. The quantitative estimate of drug-likeness (QED) is 0.834. The molecule has 3 N–H and O–H groups in total. The molecule has 2 aromatic rings. The van der Waals surface area contributed by atoms with E-state index in [1.165, 1.54) is 74.4 Å². The number of aromatic amines is 1. The van der Waals surface area contributed by atoms with Crippen molar-refractivity contribution in [3.8, 4) is 0 Å². The first-order valence-corrected chi connectivity index (χ1v) is 10.2. The normalized spacial score (nSPS) is 27.3. The molecule has 1 atom stereocenters. The van der Waals surface area contributed by atoms with Gasteiger partial charge in [0.05, 0.1) is 12.6 Å². The largest absolute Gasteiger partial charge is 0.358 e. The molecule has 0 amide bonds. The average Bonchev–Trinajstić information content (AvgIpc) is 2.99. The Bertz CT molecular complexity index is 691. The Morgan fingerprint density at radius 3 is 2.75 bits per heavy atom. The molecular weight excluding hydrogens is 292 g/mol. The third-order valence-electron chi connectivity index (χ3n) is 6.70. The molecule has 2 heteroatoms. The van der Waals surface area contributed by atoms with Gasteiger partial charge in [-0.15, -0.1) is 0 Å². The molecule has 130 valence electrons. The highest BCUT2D eigenvalue weighted by Gasteiger charge is 2.28. The average molecular weight is 326 g/mol. The zero-order chi connectivity index (χ0) is 16.5. The Hall–Kier alpha value is -1.28. The topological polar surface area (TPSA) is 32.4 Å². The standard InChI is InChI=1S/C22H32N2/c1-3-16-8-10-18(11-9-16)23-14-17-5-4-6-19-20-13-15(2)7-12-21(20)24-22(17)19/h7,12-13,16-18,23-24H,3-6,8-11,14H2,1-2H3/p+1/t16?,17-,18?/m1/s1. The molecule has 24 heavy (non-hydrogen) atoms. The predicted molar refractivity (Wildman–Crippen MR) is 102 cm³/mol. The zero-order valence-electron chi connectivity index (χ0n) is 15.4. The fourth-order valence-electron chi connectivity index (χ4n) is 5.09. The number of hydrogen-bond acceptors (Lipinski definition) is 0. The van der Waals surface area contributed by atoms with Crippen LogP contribution in [0.5, 0.6) is 0 Å². The Balaban J connectivity index is 1.45. The van der Waals surface area contributed by atoms with E-state index in [1.807, 2.05) is 0 Å². The van der Waals surface area contributed by atoms with Crippen LogP contribution >= 0.6 is 0 Å². The summed E-state index contributed by atoms with van der Waals surface area (Å²) in [5.41, 5.74) is 5.90. The van der Waals surface area contributed by atoms with Gasteiger partial charge in [0.1, 0.15) is 0 Å². The number of fused-ring (bicyclic) bond motifs is 3. The number of rotatable bonds is 4. The van der Waals surface area contributed by atoms with Gasteiger partial charge >= 0.3 is 0 Å². The van der Waals surface area contributed by atoms with Crippen molar-refractivity contribution >= 4 is 10.9 Å². The number of nitrogens with two attached hydrogens (primary N) is 1. The molecule has 1 heterocycles. The van der Waals surface area contributed by atoms with Crippen molar-refractivity contribution in [2.75, 3.05) is 6.54 Å². The number of benzene rings is 1. The summed E-state index contributed by atoms with van der Waals surface area (Å²) in [4.78, 5) is 3.78. The molecular formula is C22H33N2+. The van der Waals surface area contributed by atoms with Crippen LogP contribution in [0.15, 0.2) is 18.2 Å². The number of H-pyrrole nitrogens is 1. The highest BCUT2D eigenvalue weighted by Crippen LogP contribution is 2.35. The molecule has 1 fully saturated rings. The summed E-state index contributed by atoms with van der Waals surface area (Å²) in [6, 6.07) is 7.76. The smallest absolute Gasteiger partial charge is 0.0859 e.